The van der Waals surface area contributed by atoms with Crippen molar-refractivity contribution in [2.75, 3.05) is 20.8 Å². The van der Waals surface area contributed by atoms with Crippen LogP contribution in [0.1, 0.15) is 43.7 Å². The first-order valence-corrected chi connectivity index (χ1v) is 7.26. The average molecular weight is 263 g/mol. The van der Waals surface area contributed by atoms with Crippen molar-refractivity contribution in [1.82, 2.24) is 5.32 Å². The van der Waals surface area contributed by atoms with Crippen molar-refractivity contribution in [3.05, 3.63) is 29.8 Å². The minimum Gasteiger partial charge on any atom is -0.497 e. The van der Waals surface area contributed by atoms with Crippen molar-refractivity contribution >= 4 is 0 Å². The Morgan fingerprint density at radius 3 is 2.42 bits per heavy atom. The predicted octanol–water partition coefficient (Wildman–Crippen LogP) is 3.31. The second-order valence-corrected chi connectivity index (χ2v) is 5.21. The van der Waals surface area contributed by atoms with E-state index in [1.807, 2.05) is 19.2 Å². The second-order valence-electron chi connectivity index (χ2n) is 5.21. The molecule has 1 atom stereocenters. The Morgan fingerprint density at radius 2 is 1.84 bits per heavy atom. The lowest BCUT2D eigenvalue weighted by Crippen LogP contribution is -2.26. The highest BCUT2D eigenvalue weighted by atomic mass is 16.5. The van der Waals surface area contributed by atoms with E-state index in [1.54, 1.807) is 7.11 Å². The summed E-state index contributed by atoms with van der Waals surface area (Å²) >= 11 is 0. The molecule has 0 spiro atoms. The van der Waals surface area contributed by atoms with Gasteiger partial charge in [-0.25, -0.2) is 0 Å². The number of rotatable bonds is 6. The van der Waals surface area contributed by atoms with Gasteiger partial charge in [0.15, 0.2) is 0 Å². The molecule has 0 amide bonds. The maximum Gasteiger partial charge on any atom is 0.118 e. The highest BCUT2D eigenvalue weighted by molar-refractivity contribution is 5.29. The molecule has 1 unspecified atom stereocenters. The van der Waals surface area contributed by atoms with E-state index in [-0.39, 0.29) is 6.04 Å². The van der Waals surface area contributed by atoms with Gasteiger partial charge in [0.2, 0.25) is 0 Å². The molecule has 2 rings (SSSR count). The third-order valence-corrected chi connectivity index (χ3v) is 3.92. The van der Waals surface area contributed by atoms with E-state index >= 15 is 0 Å². The number of ether oxygens (including phenoxy) is 2. The molecule has 1 aliphatic carbocycles. The maximum absolute atomic E-state index is 6.05. The molecular formula is C16H25NO2. The lowest BCUT2D eigenvalue weighted by atomic mass is 9.97. The van der Waals surface area contributed by atoms with Crippen LogP contribution in [-0.4, -0.2) is 26.9 Å². The Bertz CT molecular complexity index is 358. The Labute approximate surface area is 116 Å². The molecular weight excluding hydrogens is 238 g/mol. The van der Waals surface area contributed by atoms with Crippen molar-refractivity contribution in [2.24, 2.45) is 0 Å². The van der Waals surface area contributed by atoms with Gasteiger partial charge in [0.1, 0.15) is 5.75 Å². The Hall–Kier alpha value is -1.06. The van der Waals surface area contributed by atoms with Gasteiger partial charge in [-0.1, -0.05) is 31.4 Å². The summed E-state index contributed by atoms with van der Waals surface area (Å²) < 4.78 is 11.2. The first kappa shape index (κ1) is 14.4. The van der Waals surface area contributed by atoms with E-state index in [0.29, 0.717) is 6.10 Å². The molecule has 1 aromatic carbocycles. The van der Waals surface area contributed by atoms with Gasteiger partial charge >= 0.3 is 0 Å². The zero-order chi connectivity index (χ0) is 13.5. The first-order chi connectivity index (χ1) is 9.33. The molecule has 106 valence electrons. The largest absolute Gasteiger partial charge is 0.497 e. The summed E-state index contributed by atoms with van der Waals surface area (Å²) in [6.07, 6.45) is 6.91. The topological polar surface area (TPSA) is 30.5 Å². The third-order valence-electron chi connectivity index (χ3n) is 3.92. The van der Waals surface area contributed by atoms with Crippen molar-refractivity contribution in [3.8, 4) is 5.75 Å². The van der Waals surface area contributed by atoms with Gasteiger partial charge in [-0.3, -0.25) is 0 Å². The summed E-state index contributed by atoms with van der Waals surface area (Å²) in [4.78, 5) is 0. The molecule has 0 aliphatic heterocycles. The summed E-state index contributed by atoms with van der Waals surface area (Å²) in [7, 11) is 3.68. The fraction of sp³-hybridized carbons (Fsp3) is 0.625. The minimum atomic E-state index is 0.257. The van der Waals surface area contributed by atoms with Gasteiger partial charge in [0.25, 0.3) is 0 Å². The van der Waals surface area contributed by atoms with Crippen LogP contribution >= 0.6 is 0 Å². The molecule has 19 heavy (non-hydrogen) atoms. The van der Waals surface area contributed by atoms with Crippen molar-refractivity contribution in [1.29, 1.82) is 0 Å². The lowest BCUT2D eigenvalue weighted by Gasteiger charge is -2.25. The van der Waals surface area contributed by atoms with Gasteiger partial charge in [-0.15, -0.1) is 0 Å². The highest BCUT2D eigenvalue weighted by Gasteiger charge is 2.16. The number of hydrogen-bond acceptors (Lipinski definition) is 3. The van der Waals surface area contributed by atoms with E-state index in [4.69, 9.17) is 9.47 Å². The monoisotopic (exact) mass is 263 g/mol. The van der Waals surface area contributed by atoms with Crippen LogP contribution in [0.2, 0.25) is 0 Å². The fourth-order valence-electron chi connectivity index (χ4n) is 2.65. The van der Waals surface area contributed by atoms with Crippen molar-refractivity contribution in [2.45, 2.75) is 44.2 Å². The van der Waals surface area contributed by atoms with E-state index in [0.717, 1.165) is 12.4 Å². The zero-order valence-electron chi connectivity index (χ0n) is 12.0. The third kappa shape index (κ3) is 4.22. The van der Waals surface area contributed by atoms with Crippen LogP contribution in [0.4, 0.5) is 0 Å². The molecule has 0 heterocycles. The van der Waals surface area contributed by atoms with Crippen LogP contribution < -0.4 is 10.1 Å². The molecule has 0 radical (unpaired) electrons. The SMILES string of the molecule is CNC(COC1CCCCC1)c1ccc(OC)cc1. The number of methoxy groups -OCH3 is 1. The number of nitrogens with one attached hydrogen (secondary N) is 1. The van der Waals surface area contributed by atoms with Crippen molar-refractivity contribution < 1.29 is 9.47 Å². The molecule has 0 aromatic heterocycles. The minimum absolute atomic E-state index is 0.257. The molecule has 1 aliphatic rings. The normalized spacial score (nSPS) is 18.2. The fourth-order valence-corrected chi connectivity index (χ4v) is 2.65. The smallest absolute Gasteiger partial charge is 0.118 e. The number of benzene rings is 1. The van der Waals surface area contributed by atoms with Gasteiger partial charge in [0.05, 0.1) is 25.9 Å². The van der Waals surface area contributed by atoms with Crippen LogP contribution in [-0.2, 0) is 4.74 Å². The number of likely N-dealkylation sites (N-methyl/N-ethyl adjacent to an activating group) is 1. The lowest BCUT2D eigenvalue weighted by molar-refractivity contribution is 0.0165. The van der Waals surface area contributed by atoms with Crippen LogP contribution in [0.3, 0.4) is 0 Å². The molecule has 1 saturated carbocycles. The summed E-state index contributed by atoms with van der Waals surface area (Å²) in [6, 6.07) is 8.46. The van der Waals surface area contributed by atoms with E-state index in [1.165, 1.54) is 37.7 Å². The summed E-state index contributed by atoms with van der Waals surface area (Å²) in [5.74, 6) is 0.895. The molecule has 3 heteroatoms. The van der Waals surface area contributed by atoms with Gasteiger partial charge in [0, 0.05) is 0 Å². The molecule has 3 nitrogen and oxygen atoms in total. The number of hydrogen-bond donors (Lipinski definition) is 1. The highest BCUT2D eigenvalue weighted by Crippen LogP contribution is 2.23. The molecule has 1 N–H and O–H groups in total. The zero-order valence-corrected chi connectivity index (χ0v) is 12.0. The molecule has 0 saturated heterocycles. The second kappa shape index (κ2) is 7.51. The summed E-state index contributed by atoms with van der Waals surface area (Å²) in [5.41, 5.74) is 1.25. The molecule has 1 fully saturated rings. The van der Waals surface area contributed by atoms with E-state index < -0.39 is 0 Å². The van der Waals surface area contributed by atoms with Crippen LogP contribution in [0.15, 0.2) is 24.3 Å². The quantitative estimate of drug-likeness (QED) is 0.854. The summed E-state index contributed by atoms with van der Waals surface area (Å²) in [5, 5.41) is 3.33. The van der Waals surface area contributed by atoms with Crippen LogP contribution in [0.5, 0.6) is 5.75 Å². The van der Waals surface area contributed by atoms with Gasteiger partial charge in [-0.2, -0.15) is 0 Å². The molecule has 1 aromatic rings. The Morgan fingerprint density at radius 1 is 1.16 bits per heavy atom. The average Bonchev–Trinajstić information content (AvgIpc) is 2.49. The maximum atomic E-state index is 6.05. The van der Waals surface area contributed by atoms with Gasteiger partial charge < -0.3 is 14.8 Å². The van der Waals surface area contributed by atoms with Crippen LogP contribution in [0.25, 0.3) is 0 Å². The van der Waals surface area contributed by atoms with Gasteiger partial charge in [-0.05, 0) is 37.6 Å². The van der Waals surface area contributed by atoms with E-state index in [2.05, 4.69) is 17.4 Å². The van der Waals surface area contributed by atoms with E-state index in [9.17, 15) is 0 Å². The standard InChI is InChI=1S/C16H25NO2/c1-17-16(12-19-15-6-4-3-5-7-15)13-8-10-14(18-2)11-9-13/h8-11,15-17H,3-7,12H2,1-2H3. The Balaban J connectivity index is 1.87. The first-order valence-electron chi connectivity index (χ1n) is 7.26. The predicted molar refractivity (Wildman–Crippen MR) is 77.6 cm³/mol. The van der Waals surface area contributed by atoms with Crippen molar-refractivity contribution in [3.63, 3.8) is 0 Å². The summed E-state index contributed by atoms with van der Waals surface area (Å²) in [6.45, 7) is 0.744. The molecule has 0 bridgehead atoms. The van der Waals surface area contributed by atoms with Crippen LogP contribution in [0, 0.1) is 0 Å². The Kier molecular flexibility index (Phi) is 5.67.